The van der Waals surface area contributed by atoms with Crippen LogP contribution in [0.1, 0.15) is 41.0 Å². The van der Waals surface area contributed by atoms with Gasteiger partial charge < -0.3 is 10.4 Å². The minimum atomic E-state index is -0.184. The van der Waals surface area contributed by atoms with Crippen LogP contribution in [-0.2, 0) is 4.79 Å². The number of hydrogen-bond acceptors (Lipinski definition) is 3. The summed E-state index contributed by atoms with van der Waals surface area (Å²) in [7, 11) is 0. The Morgan fingerprint density at radius 2 is 1.94 bits per heavy atom. The van der Waals surface area contributed by atoms with Crippen molar-refractivity contribution in [3.8, 4) is 0 Å². The van der Waals surface area contributed by atoms with Gasteiger partial charge in [-0.1, -0.05) is 0 Å². The second kappa shape index (κ2) is 6.86. The summed E-state index contributed by atoms with van der Waals surface area (Å²) in [4.78, 5) is 13.8. The Bertz CT molecular complexity index is 210. The zero-order chi connectivity index (χ0) is 12.8. The van der Waals surface area contributed by atoms with Crippen LogP contribution in [0.25, 0.3) is 0 Å². The standard InChI is InChI=1S/C12H26N2O2/c1-10(2)14(7-6-8-15)9-11(16)13-12(3,4)5/h10,15H,6-9H2,1-5H3,(H,13,16). The molecule has 0 radical (unpaired) electrons. The van der Waals surface area contributed by atoms with Gasteiger partial charge in [-0.25, -0.2) is 0 Å². The number of aliphatic hydroxyl groups is 1. The van der Waals surface area contributed by atoms with Crippen LogP contribution in [-0.4, -0.2) is 47.2 Å². The Morgan fingerprint density at radius 1 is 1.38 bits per heavy atom. The molecule has 96 valence electrons. The van der Waals surface area contributed by atoms with Crippen molar-refractivity contribution in [3.05, 3.63) is 0 Å². The third-order valence-corrected chi connectivity index (χ3v) is 2.19. The fraction of sp³-hybridized carbons (Fsp3) is 0.917. The molecule has 0 saturated carbocycles. The van der Waals surface area contributed by atoms with Gasteiger partial charge in [-0.15, -0.1) is 0 Å². The minimum absolute atomic E-state index is 0.0409. The molecule has 0 aliphatic heterocycles. The topological polar surface area (TPSA) is 52.6 Å². The van der Waals surface area contributed by atoms with Crippen LogP contribution in [0.4, 0.5) is 0 Å². The molecular formula is C12H26N2O2. The largest absolute Gasteiger partial charge is 0.396 e. The van der Waals surface area contributed by atoms with E-state index in [0.717, 1.165) is 6.54 Å². The molecular weight excluding hydrogens is 204 g/mol. The molecule has 0 aromatic rings. The number of nitrogens with zero attached hydrogens (tertiary/aromatic N) is 1. The van der Waals surface area contributed by atoms with Crippen molar-refractivity contribution in [2.75, 3.05) is 19.7 Å². The van der Waals surface area contributed by atoms with E-state index in [4.69, 9.17) is 5.11 Å². The Balaban J connectivity index is 4.13. The first-order valence-electron chi connectivity index (χ1n) is 5.92. The van der Waals surface area contributed by atoms with Crippen molar-refractivity contribution in [1.29, 1.82) is 0 Å². The van der Waals surface area contributed by atoms with Gasteiger partial charge in [0, 0.05) is 24.7 Å². The molecule has 0 fully saturated rings. The SMILES string of the molecule is CC(C)N(CCCO)CC(=O)NC(C)(C)C. The lowest BCUT2D eigenvalue weighted by molar-refractivity contribution is -0.124. The van der Waals surface area contributed by atoms with E-state index in [0.29, 0.717) is 19.0 Å². The summed E-state index contributed by atoms with van der Waals surface area (Å²) in [6.45, 7) is 11.4. The number of carbonyl (C=O) groups excluding carboxylic acids is 1. The van der Waals surface area contributed by atoms with Crippen LogP contribution in [0.15, 0.2) is 0 Å². The molecule has 0 rings (SSSR count). The van der Waals surface area contributed by atoms with Crippen molar-refractivity contribution in [2.24, 2.45) is 0 Å². The van der Waals surface area contributed by atoms with E-state index in [1.54, 1.807) is 0 Å². The van der Waals surface area contributed by atoms with Gasteiger partial charge in [-0.3, -0.25) is 9.69 Å². The Morgan fingerprint density at radius 3 is 2.31 bits per heavy atom. The Hall–Kier alpha value is -0.610. The van der Waals surface area contributed by atoms with Gasteiger partial charge >= 0.3 is 0 Å². The third-order valence-electron chi connectivity index (χ3n) is 2.19. The molecule has 0 unspecified atom stereocenters. The number of aliphatic hydroxyl groups excluding tert-OH is 1. The summed E-state index contributed by atoms with van der Waals surface area (Å²) in [5, 5.41) is 11.7. The lowest BCUT2D eigenvalue weighted by Gasteiger charge is -2.28. The molecule has 0 heterocycles. The molecule has 0 aliphatic rings. The van der Waals surface area contributed by atoms with E-state index in [1.165, 1.54) is 0 Å². The summed E-state index contributed by atoms with van der Waals surface area (Å²) in [5.41, 5.74) is -0.184. The molecule has 0 atom stereocenters. The van der Waals surface area contributed by atoms with Crippen LogP contribution in [0, 0.1) is 0 Å². The van der Waals surface area contributed by atoms with Crippen molar-refractivity contribution >= 4 is 5.91 Å². The zero-order valence-electron chi connectivity index (χ0n) is 11.2. The maximum absolute atomic E-state index is 11.7. The second-order valence-electron chi connectivity index (χ2n) is 5.44. The summed E-state index contributed by atoms with van der Waals surface area (Å²) in [5.74, 6) is 0.0409. The fourth-order valence-electron chi connectivity index (χ4n) is 1.44. The van der Waals surface area contributed by atoms with Crippen molar-refractivity contribution in [3.63, 3.8) is 0 Å². The van der Waals surface area contributed by atoms with E-state index >= 15 is 0 Å². The van der Waals surface area contributed by atoms with E-state index in [1.807, 2.05) is 20.8 Å². The highest BCUT2D eigenvalue weighted by Gasteiger charge is 2.17. The van der Waals surface area contributed by atoms with Crippen LogP contribution in [0.2, 0.25) is 0 Å². The average Bonchev–Trinajstić information content (AvgIpc) is 2.08. The van der Waals surface area contributed by atoms with E-state index < -0.39 is 0 Å². The molecule has 0 aromatic carbocycles. The smallest absolute Gasteiger partial charge is 0.234 e. The number of rotatable bonds is 6. The first-order valence-corrected chi connectivity index (χ1v) is 5.92. The van der Waals surface area contributed by atoms with E-state index in [2.05, 4.69) is 24.1 Å². The number of nitrogens with one attached hydrogen (secondary N) is 1. The minimum Gasteiger partial charge on any atom is -0.396 e. The quantitative estimate of drug-likeness (QED) is 0.715. The Kier molecular flexibility index (Phi) is 6.60. The summed E-state index contributed by atoms with van der Waals surface area (Å²) in [6.07, 6.45) is 0.709. The number of hydrogen-bond donors (Lipinski definition) is 2. The summed E-state index contributed by atoms with van der Waals surface area (Å²) < 4.78 is 0. The van der Waals surface area contributed by atoms with Gasteiger partial charge in [0.05, 0.1) is 6.54 Å². The van der Waals surface area contributed by atoms with Crippen molar-refractivity contribution in [2.45, 2.75) is 52.6 Å². The first-order chi connectivity index (χ1) is 7.26. The fourth-order valence-corrected chi connectivity index (χ4v) is 1.44. The predicted molar refractivity (Wildman–Crippen MR) is 66.3 cm³/mol. The van der Waals surface area contributed by atoms with Gasteiger partial charge in [-0.05, 0) is 41.0 Å². The predicted octanol–water partition coefficient (Wildman–Crippen LogP) is 0.994. The maximum atomic E-state index is 11.7. The lowest BCUT2D eigenvalue weighted by atomic mass is 10.1. The van der Waals surface area contributed by atoms with Gasteiger partial charge in [0.2, 0.25) is 5.91 Å². The normalized spacial score (nSPS) is 12.2. The molecule has 0 saturated heterocycles. The molecule has 4 heteroatoms. The summed E-state index contributed by atoms with van der Waals surface area (Å²) >= 11 is 0. The van der Waals surface area contributed by atoms with Gasteiger partial charge in [0.25, 0.3) is 0 Å². The second-order valence-corrected chi connectivity index (χ2v) is 5.44. The molecule has 0 bridgehead atoms. The molecule has 0 aliphatic carbocycles. The average molecular weight is 230 g/mol. The third kappa shape index (κ3) is 7.65. The lowest BCUT2D eigenvalue weighted by Crippen LogP contribution is -2.47. The van der Waals surface area contributed by atoms with Gasteiger partial charge in [-0.2, -0.15) is 0 Å². The molecule has 0 aromatic heterocycles. The van der Waals surface area contributed by atoms with Crippen LogP contribution >= 0.6 is 0 Å². The van der Waals surface area contributed by atoms with E-state index in [9.17, 15) is 4.79 Å². The highest BCUT2D eigenvalue weighted by molar-refractivity contribution is 5.78. The first kappa shape index (κ1) is 15.4. The monoisotopic (exact) mass is 230 g/mol. The number of amides is 1. The maximum Gasteiger partial charge on any atom is 0.234 e. The highest BCUT2D eigenvalue weighted by atomic mass is 16.3. The van der Waals surface area contributed by atoms with E-state index in [-0.39, 0.29) is 18.1 Å². The van der Waals surface area contributed by atoms with Crippen LogP contribution < -0.4 is 5.32 Å². The van der Waals surface area contributed by atoms with Crippen molar-refractivity contribution in [1.82, 2.24) is 10.2 Å². The zero-order valence-corrected chi connectivity index (χ0v) is 11.2. The molecule has 2 N–H and O–H groups in total. The summed E-state index contributed by atoms with van der Waals surface area (Å²) in [6, 6.07) is 0.317. The van der Waals surface area contributed by atoms with Crippen LogP contribution in [0.3, 0.4) is 0 Å². The molecule has 0 spiro atoms. The van der Waals surface area contributed by atoms with Gasteiger partial charge in [0.1, 0.15) is 0 Å². The number of carbonyl (C=O) groups is 1. The van der Waals surface area contributed by atoms with Gasteiger partial charge in [0.15, 0.2) is 0 Å². The molecule has 1 amide bonds. The van der Waals surface area contributed by atoms with Crippen LogP contribution in [0.5, 0.6) is 0 Å². The molecule has 16 heavy (non-hydrogen) atoms. The Labute approximate surface area is 99.0 Å². The molecule has 4 nitrogen and oxygen atoms in total. The van der Waals surface area contributed by atoms with Crippen molar-refractivity contribution < 1.29 is 9.90 Å². The highest BCUT2D eigenvalue weighted by Crippen LogP contribution is 2.02.